The molecule has 3 amide bonds. The zero-order valence-corrected chi connectivity index (χ0v) is 10.8. The fraction of sp³-hybridized carbons (Fsp3) is 0.231. The van der Waals surface area contributed by atoms with Crippen molar-refractivity contribution in [1.82, 2.24) is 10.2 Å². The molecule has 8 heteroatoms. The second kappa shape index (κ2) is 5.71. The molecule has 0 bridgehead atoms. The Balaban J connectivity index is 2.08. The highest BCUT2D eigenvalue weighted by atomic mass is 16.4. The summed E-state index contributed by atoms with van der Waals surface area (Å²) in [4.78, 5) is 47.1. The van der Waals surface area contributed by atoms with E-state index in [9.17, 15) is 19.2 Å². The van der Waals surface area contributed by atoms with Gasteiger partial charge in [-0.05, 0) is 12.1 Å². The molecular weight excluding hydrogens is 280 g/mol. The van der Waals surface area contributed by atoms with E-state index >= 15 is 0 Å². The summed E-state index contributed by atoms with van der Waals surface area (Å²) in [5.74, 6) is -3.47. The fourth-order valence-electron chi connectivity index (χ4n) is 1.95. The Labute approximate surface area is 119 Å². The van der Waals surface area contributed by atoms with Gasteiger partial charge in [0.25, 0.3) is 11.8 Å². The van der Waals surface area contributed by atoms with Crippen molar-refractivity contribution in [1.29, 1.82) is 0 Å². The standard InChI is InChI=1S/C13H12N2O6/c16-6-9(13(20)21)14-10(17)5-15-11(18)7-3-1-2-4-8(7)12(15)19/h1-4,9,16H,5-6H2,(H,14,17)(H,20,21). The maximum absolute atomic E-state index is 12.0. The van der Waals surface area contributed by atoms with Gasteiger partial charge in [-0.15, -0.1) is 0 Å². The summed E-state index contributed by atoms with van der Waals surface area (Å²) in [5, 5.41) is 19.5. The van der Waals surface area contributed by atoms with Crippen LogP contribution in [0, 0.1) is 0 Å². The van der Waals surface area contributed by atoms with Gasteiger partial charge in [0.15, 0.2) is 0 Å². The van der Waals surface area contributed by atoms with E-state index in [1.165, 1.54) is 12.1 Å². The molecule has 0 fully saturated rings. The van der Waals surface area contributed by atoms with Gasteiger partial charge in [0.2, 0.25) is 5.91 Å². The van der Waals surface area contributed by atoms with E-state index < -0.39 is 42.9 Å². The number of hydrogen-bond acceptors (Lipinski definition) is 5. The van der Waals surface area contributed by atoms with Gasteiger partial charge in [0.1, 0.15) is 12.6 Å². The highest BCUT2D eigenvalue weighted by Crippen LogP contribution is 2.21. The van der Waals surface area contributed by atoms with Crippen LogP contribution in [0.25, 0.3) is 0 Å². The highest BCUT2D eigenvalue weighted by molar-refractivity contribution is 6.22. The minimum Gasteiger partial charge on any atom is -0.480 e. The lowest BCUT2D eigenvalue weighted by Gasteiger charge is -2.16. The number of carbonyl (C=O) groups is 4. The Morgan fingerprint density at radius 1 is 1.14 bits per heavy atom. The van der Waals surface area contributed by atoms with Crippen LogP contribution in [0.4, 0.5) is 0 Å². The van der Waals surface area contributed by atoms with E-state index in [1.54, 1.807) is 12.1 Å². The minimum atomic E-state index is -1.48. The van der Waals surface area contributed by atoms with Crippen LogP contribution in [0.3, 0.4) is 0 Å². The van der Waals surface area contributed by atoms with Crippen LogP contribution < -0.4 is 5.32 Å². The quantitative estimate of drug-likeness (QED) is 0.588. The Bertz CT molecular complexity index is 592. The van der Waals surface area contributed by atoms with Crippen molar-refractivity contribution in [2.24, 2.45) is 0 Å². The normalized spacial score (nSPS) is 14.8. The molecule has 0 aliphatic carbocycles. The van der Waals surface area contributed by atoms with Gasteiger partial charge in [0, 0.05) is 0 Å². The highest BCUT2D eigenvalue weighted by Gasteiger charge is 2.36. The van der Waals surface area contributed by atoms with E-state index in [0.717, 1.165) is 4.90 Å². The molecule has 110 valence electrons. The Morgan fingerprint density at radius 2 is 1.67 bits per heavy atom. The van der Waals surface area contributed by atoms with Crippen LogP contribution in [0.15, 0.2) is 24.3 Å². The lowest BCUT2D eigenvalue weighted by atomic mass is 10.1. The number of carboxylic acids is 1. The number of amides is 3. The van der Waals surface area contributed by atoms with E-state index in [0.29, 0.717) is 0 Å². The van der Waals surface area contributed by atoms with Crippen molar-refractivity contribution in [3.63, 3.8) is 0 Å². The maximum atomic E-state index is 12.0. The molecule has 1 aliphatic rings. The van der Waals surface area contributed by atoms with Gasteiger partial charge in [-0.3, -0.25) is 19.3 Å². The Hall–Kier alpha value is -2.74. The van der Waals surface area contributed by atoms with Crippen LogP contribution in [0.2, 0.25) is 0 Å². The number of nitrogens with zero attached hydrogens (tertiary/aromatic N) is 1. The van der Waals surface area contributed by atoms with Crippen LogP contribution in [0.5, 0.6) is 0 Å². The summed E-state index contributed by atoms with van der Waals surface area (Å²) in [6, 6.07) is 4.66. The molecule has 1 atom stereocenters. The summed E-state index contributed by atoms with van der Waals surface area (Å²) in [6.07, 6.45) is 0. The van der Waals surface area contributed by atoms with Crippen LogP contribution in [-0.2, 0) is 9.59 Å². The molecule has 0 spiro atoms. The van der Waals surface area contributed by atoms with Crippen LogP contribution >= 0.6 is 0 Å². The molecule has 0 saturated carbocycles. The molecule has 1 aromatic carbocycles. The molecule has 1 heterocycles. The van der Waals surface area contributed by atoms with Crippen LogP contribution in [0.1, 0.15) is 20.7 Å². The molecule has 2 rings (SSSR count). The summed E-state index contributed by atoms with van der Waals surface area (Å²) < 4.78 is 0. The van der Waals surface area contributed by atoms with Gasteiger partial charge in [-0.25, -0.2) is 4.79 Å². The minimum absolute atomic E-state index is 0.201. The molecule has 21 heavy (non-hydrogen) atoms. The number of carboxylic acid groups (broad SMARTS) is 1. The lowest BCUT2D eigenvalue weighted by Crippen LogP contribution is -2.48. The van der Waals surface area contributed by atoms with Crippen molar-refractivity contribution in [2.75, 3.05) is 13.2 Å². The van der Waals surface area contributed by atoms with Crippen molar-refractivity contribution >= 4 is 23.7 Å². The molecule has 3 N–H and O–H groups in total. The number of benzene rings is 1. The molecular formula is C13H12N2O6. The van der Waals surface area contributed by atoms with Crippen molar-refractivity contribution in [2.45, 2.75) is 6.04 Å². The smallest absolute Gasteiger partial charge is 0.328 e. The number of imide groups is 1. The van der Waals surface area contributed by atoms with E-state index in [4.69, 9.17) is 10.2 Å². The van der Waals surface area contributed by atoms with Gasteiger partial charge in [-0.1, -0.05) is 12.1 Å². The average Bonchev–Trinajstić information content (AvgIpc) is 2.70. The van der Waals surface area contributed by atoms with Gasteiger partial charge >= 0.3 is 5.97 Å². The van der Waals surface area contributed by atoms with Gasteiger partial charge in [0.05, 0.1) is 17.7 Å². The number of rotatable bonds is 5. The topological polar surface area (TPSA) is 124 Å². The number of carbonyl (C=O) groups excluding carboxylic acids is 3. The molecule has 0 saturated heterocycles. The number of hydrogen-bond donors (Lipinski definition) is 3. The number of aliphatic hydroxyl groups is 1. The molecule has 0 aromatic heterocycles. The van der Waals surface area contributed by atoms with Crippen molar-refractivity contribution in [3.05, 3.63) is 35.4 Å². The Morgan fingerprint density at radius 3 is 2.10 bits per heavy atom. The SMILES string of the molecule is O=C(CN1C(=O)c2ccccc2C1=O)NC(CO)C(=O)O. The third-order valence-corrected chi connectivity index (χ3v) is 3.00. The van der Waals surface area contributed by atoms with E-state index in [2.05, 4.69) is 0 Å². The number of aliphatic hydroxyl groups excluding tert-OH is 1. The third kappa shape index (κ3) is 2.75. The molecule has 1 unspecified atom stereocenters. The number of aliphatic carboxylic acids is 1. The van der Waals surface area contributed by atoms with Gasteiger partial charge < -0.3 is 15.5 Å². The fourth-order valence-corrected chi connectivity index (χ4v) is 1.95. The second-order valence-electron chi connectivity index (χ2n) is 4.38. The predicted molar refractivity (Wildman–Crippen MR) is 68.5 cm³/mol. The van der Waals surface area contributed by atoms with E-state index in [1.807, 2.05) is 5.32 Å². The van der Waals surface area contributed by atoms with Gasteiger partial charge in [-0.2, -0.15) is 0 Å². The number of fused-ring (bicyclic) bond motifs is 1. The summed E-state index contributed by atoms with van der Waals surface area (Å²) in [7, 11) is 0. The summed E-state index contributed by atoms with van der Waals surface area (Å²) in [6.45, 7) is -1.39. The lowest BCUT2D eigenvalue weighted by molar-refractivity contribution is -0.142. The molecule has 0 radical (unpaired) electrons. The van der Waals surface area contributed by atoms with Crippen molar-refractivity contribution in [3.8, 4) is 0 Å². The summed E-state index contributed by atoms with van der Waals surface area (Å²) in [5.41, 5.74) is 0.402. The average molecular weight is 292 g/mol. The predicted octanol–water partition coefficient (Wildman–Crippen LogP) is -1.16. The molecule has 1 aromatic rings. The molecule has 1 aliphatic heterocycles. The summed E-state index contributed by atoms with van der Waals surface area (Å²) >= 11 is 0. The third-order valence-electron chi connectivity index (χ3n) is 3.00. The zero-order chi connectivity index (χ0) is 15.6. The largest absolute Gasteiger partial charge is 0.480 e. The van der Waals surface area contributed by atoms with E-state index in [-0.39, 0.29) is 11.1 Å². The first kappa shape index (κ1) is 14.7. The first-order valence-corrected chi connectivity index (χ1v) is 6.04. The Kier molecular flexibility index (Phi) is 3.99. The zero-order valence-electron chi connectivity index (χ0n) is 10.8. The number of nitrogens with one attached hydrogen (secondary N) is 1. The maximum Gasteiger partial charge on any atom is 0.328 e. The van der Waals surface area contributed by atoms with Crippen molar-refractivity contribution < 1.29 is 29.4 Å². The van der Waals surface area contributed by atoms with Crippen LogP contribution in [-0.4, -0.2) is 58.0 Å². The first-order valence-electron chi connectivity index (χ1n) is 6.04. The second-order valence-corrected chi connectivity index (χ2v) is 4.38. The monoisotopic (exact) mass is 292 g/mol. The molecule has 8 nitrogen and oxygen atoms in total. The first-order chi connectivity index (χ1) is 9.95.